The van der Waals surface area contributed by atoms with Crippen LogP contribution in [-0.4, -0.2) is 45.4 Å². The Bertz CT molecular complexity index is 1030. The minimum absolute atomic E-state index is 0.407. The number of anilines is 1. The Hall–Kier alpha value is -2.22. The molecule has 1 fully saturated rings. The van der Waals surface area contributed by atoms with Crippen LogP contribution in [-0.2, 0) is 6.54 Å². The minimum Gasteiger partial charge on any atom is -0.496 e. The molecule has 34 heavy (non-hydrogen) atoms. The van der Waals surface area contributed by atoms with Crippen molar-refractivity contribution < 1.29 is 9.47 Å². The van der Waals surface area contributed by atoms with Crippen LogP contribution in [0.5, 0.6) is 11.5 Å². The van der Waals surface area contributed by atoms with Crippen molar-refractivity contribution in [2.24, 2.45) is 17.6 Å². The Morgan fingerprint density at radius 2 is 1.79 bits per heavy atom. The van der Waals surface area contributed by atoms with Crippen molar-refractivity contribution in [1.82, 2.24) is 10.2 Å². The highest BCUT2D eigenvalue weighted by atomic mass is 79.9. The van der Waals surface area contributed by atoms with Crippen LogP contribution in [0.4, 0.5) is 5.69 Å². The number of halogens is 1. The second-order valence-electron chi connectivity index (χ2n) is 9.67. The number of rotatable bonds is 8. The monoisotopic (exact) mass is 528 g/mol. The Balaban J connectivity index is 1.34. The van der Waals surface area contributed by atoms with Gasteiger partial charge in [0, 0.05) is 49.2 Å². The standard InChI is InChI=1S/C27H37BrN4O2/c1-32(2)24-15-27(29,31-23-8-6-5-7-21(23)24)20-11-9-18(10-12-20)16-30-17-19-13-22(28)26(34-4)14-25(19)33-3/h5-8,13-15,18,20,30-31H,9-12,16-17,29H2,1-4H3. The van der Waals surface area contributed by atoms with Crippen LogP contribution in [0.2, 0.25) is 0 Å². The third-order valence-electron chi connectivity index (χ3n) is 7.24. The number of hydrogen-bond donors (Lipinski definition) is 3. The van der Waals surface area contributed by atoms with E-state index in [1.54, 1.807) is 14.2 Å². The van der Waals surface area contributed by atoms with Crippen molar-refractivity contribution in [1.29, 1.82) is 0 Å². The minimum atomic E-state index is -0.519. The van der Waals surface area contributed by atoms with E-state index in [0.717, 1.165) is 53.2 Å². The average molecular weight is 530 g/mol. The largest absolute Gasteiger partial charge is 0.496 e. The maximum Gasteiger partial charge on any atom is 0.136 e. The Kier molecular flexibility index (Phi) is 7.75. The highest BCUT2D eigenvalue weighted by Crippen LogP contribution is 2.41. The van der Waals surface area contributed by atoms with Crippen molar-refractivity contribution >= 4 is 27.3 Å². The molecule has 1 heterocycles. The fraction of sp³-hybridized carbons (Fsp3) is 0.481. The van der Waals surface area contributed by atoms with Gasteiger partial charge in [-0.25, -0.2) is 0 Å². The van der Waals surface area contributed by atoms with Gasteiger partial charge in [-0.2, -0.15) is 0 Å². The average Bonchev–Trinajstić information content (AvgIpc) is 2.84. The van der Waals surface area contributed by atoms with Gasteiger partial charge in [0.2, 0.25) is 0 Å². The van der Waals surface area contributed by atoms with Crippen molar-refractivity contribution in [3.05, 3.63) is 58.1 Å². The maximum absolute atomic E-state index is 7.01. The van der Waals surface area contributed by atoms with E-state index in [0.29, 0.717) is 11.8 Å². The normalized spacial score (nSPS) is 24.0. The van der Waals surface area contributed by atoms with Gasteiger partial charge >= 0.3 is 0 Å². The molecule has 2 aliphatic rings. The summed E-state index contributed by atoms with van der Waals surface area (Å²) in [5, 5.41) is 7.31. The van der Waals surface area contributed by atoms with E-state index in [2.05, 4.69) is 82.0 Å². The summed E-state index contributed by atoms with van der Waals surface area (Å²) in [6.45, 7) is 1.76. The highest BCUT2D eigenvalue weighted by molar-refractivity contribution is 9.10. The van der Waals surface area contributed by atoms with Gasteiger partial charge in [-0.3, -0.25) is 0 Å². The molecule has 1 aliphatic carbocycles. The number of nitrogens with two attached hydrogens (primary N) is 1. The third-order valence-corrected chi connectivity index (χ3v) is 7.86. The molecule has 0 bridgehead atoms. The van der Waals surface area contributed by atoms with Crippen LogP contribution in [0.3, 0.4) is 0 Å². The van der Waals surface area contributed by atoms with Gasteiger partial charge in [0.25, 0.3) is 0 Å². The lowest BCUT2D eigenvalue weighted by molar-refractivity contribution is 0.214. The molecule has 0 amide bonds. The molecule has 0 spiro atoms. The van der Waals surface area contributed by atoms with Crippen molar-refractivity contribution in [2.75, 3.05) is 40.2 Å². The lowest BCUT2D eigenvalue weighted by atomic mass is 9.74. The molecular weight excluding hydrogens is 492 g/mol. The van der Waals surface area contributed by atoms with Crippen LogP contribution >= 0.6 is 15.9 Å². The predicted molar refractivity (Wildman–Crippen MR) is 143 cm³/mol. The molecule has 1 unspecified atom stereocenters. The second kappa shape index (κ2) is 10.6. The Labute approximate surface area is 212 Å². The van der Waals surface area contributed by atoms with Crippen molar-refractivity contribution in [3.8, 4) is 11.5 Å². The van der Waals surface area contributed by atoms with Gasteiger partial charge < -0.3 is 30.7 Å². The Morgan fingerprint density at radius 1 is 1.09 bits per heavy atom. The summed E-state index contributed by atoms with van der Waals surface area (Å²) >= 11 is 3.58. The molecule has 184 valence electrons. The van der Waals surface area contributed by atoms with Crippen LogP contribution < -0.4 is 25.8 Å². The number of ether oxygens (including phenoxy) is 2. The predicted octanol–water partition coefficient (Wildman–Crippen LogP) is 5.05. The van der Waals surface area contributed by atoms with Gasteiger partial charge in [-0.1, -0.05) is 18.2 Å². The van der Waals surface area contributed by atoms with E-state index < -0.39 is 5.66 Å². The van der Waals surface area contributed by atoms with Crippen molar-refractivity contribution in [3.63, 3.8) is 0 Å². The summed E-state index contributed by atoms with van der Waals surface area (Å²) in [6.07, 6.45) is 6.83. The number of nitrogens with one attached hydrogen (secondary N) is 2. The second-order valence-corrected chi connectivity index (χ2v) is 10.5. The molecule has 1 aliphatic heterocycles. The fourth-order valence-corrected chi connectivity index (χ4v) is 5.85. The molecule has 7 heteroatoms. The fourth-order valence-electron chi connectivity index (χ4n) is 5.29. The topological polar surface area (TPSA) is 71.8 Å². The SMILES string of the molecule is COc1cc(OC)c(CNCC2CCC(C3(N)C=C(N(C)C)c4ccccc4N3)CC2)cc1Br. The van der Waals surface area contributed by atoms with Crippen LogP contribution in [0.25, 0.3) is 5.70 Å². The molecule has 0 radical (unpaired) electrons. The van der Waals surface area contributed by atoms with Crippen LogP contribution in [0, 0.1) is 11.8 Å². The molecule has 1 atom stereocenters. The highest BCUT2D eigenvalue weighted by Gasteiger charge is 2.39. The molecule has 6 nitrogen and oxygen atoms in total. The quantitative estimate of drug-likeness (QED) is 0.445. The van der Waals surface area contributed by atoms with E-state index in [9.17, 15) is 0 Å². The summed E-state index contributed by atoms with van der Waals surface area (Å²) in [5.74, 6) is 2.68. The number of methoxy groups -OCH3 is 2. The van der Waals surface area contributed by atoms with Crippen molar-refractivity contribution in [2.45, 2.75) is 37.9 Å². The maximum atomic E-state index is 7.01. The van der Waals surface area contributed by atoms with Gasteiger partial charge in [0.15, 0.2) is 0 Å². The molecule has 1 saturated carbocycles. The van der Waals surface area contributed by atoms with E-state index in [1.807, 2.05) is 6.07 Å². The molecule has 2 aromatic carbocycles. The van der Waals surface area contributed by atoms with Crippen LogP contribution in [0.1, 0.15) is 36.8 Å². The van der Waals surface area contributed by atoms with Gasteiger partial charge in [-0.05, 0) is 78.2 Å². The number of para-hydroxylation sites is 1. The first-order valence-corrected chi connectivity index (χ1v) is 12.8. The molecule has 0 aromatic heterocycles. The van der Waals surface area contributed by atoms with E-state index >= 15 is 0 Å². The summed E-state index contributed by atoms with van der Waals surface area (Å²) in [4.78, 5) is 2.17. The first-order chi connectivity index (χ1) is 16.3. The van der Waals surface area contributed by atoms with Crippen LogP contribution in [0.15, 0.2) is 46.9 Å². The number of nitrogens with zero attached hydrogens (tertiary/aromatic N) is 1. The van der Waals surface area contributed by atoms with E-state index in [4.69, 9.17) is 15.2 Å². The molecule has 4 N–H and O–H groups in total. The third kappa shape index (κ3) is 5.21. The zero-order valence-corrected chi connectivity index (χ0v) is 22.2. The number of benzene rings is 2. The van der Waals surface area contributed by atoms with Gasteiger partial charge in [0.1, 0.15) is 17.2 Å². The number of hydrogen-bond acceptors (Lipinski definition) is 6. The summed E-state index contributed by atoms with van der Waals surface area (Å²) in [6, 6.07) is 12.4. The summed E-state index contributed by atoms with van der Waals surface area (Å²) in [5.41, 5.74) is 11.1. The number of fused-ring (bicyclic) bond motifs is 1. The van der Waals surface area contributed by atoms with Gasteiger partial charge in [-0.15, -0.1) is 0 Å². The lowest BCUT2D eigenvalue weighted by Crippen LogP contribution is -2.55. The zero-order chi connectivity index (χ0) is 24.3. The summed E-state index contributed by atoms with van der Waals surface area (Å²) < 4.78 is 11.9. The Morgan fingerprint density at radius 3 is 2.47 bits per heavy atom. The zero-order valence-electron chi connectivity index (χ0n) is 20.7. The first-order valence-electron chi connectivity index (χ1n) is 12.0. The van der Waals surface area contributed by atoms with Gasteiger partial charge in [0.05, 0.1) is 18.7 Å². The van der Waals surface area contributed by atoms with E-state index in [1.165, 1.54) is 24.1 Å². The molecule has 2 aromatic rings. The lowest BCUT2D eigenvalue weighted by Gasteiger charge is -2.44. The molecule has 0 saturated heterocycles. The molecular formula is C27H37BrN4O2. The molecule has 4 rings (SSSR count). The smallest absolute Gasteiger partial charge is 0.136 e. The summed E-state index contributed by atoms with van der Waals surface area (Å²) in [7, 11) is 7.54. The first kappa shape index (κ1) is 24.9. The van der Waals surface area contributed by atoms with E-state index in [-0.39, 0.29) is 0 Å².